The summed E-state index contributed by atoms with van der Waals surface area (Å²) in [5.74, 6) is 1.68. The maximum absolute atomic E-state index is 12.8. The van der Waals surface area contributed by atoms with Gasteiger partial charge in [-0.25, -0.2) is 4.79 Å². The minimum Gasteiger partial charge on any atom is -0.493 e. The Morgan fingerprint density at radius 2 is 1.84 bits per heavy atom. The standard InChI is InChI=1S/C25H18O7/c1-2-28-19-6-4-3-5-15(19)11-23-24(26)18-9-8-17(13-21(18)32-23)31-25(27)16-7-10-20-22(12-16)30-14-29-20/h3-13H,2,14H2,1H3/b23-11-. The number of ether oxygens (including phenoxy) is 5. The number of hydrogen-bond donors (Lipinski definition) is 0. The van der Waals surface area contributed by atoms with Crippen molar-refractivity contribution in [2.24, 2.45) is 0 Å². The second-order valence-corrected chi connectivity index (χ2v) is 7.03. The number of allylic oxidation sites excluding steroid dienone is 1. The molecule has 2 aliphatic rings. The van der Waals surface area contributed by atoms with E-state index in [1.807, 2.05) is 31.2 Å². The molecule has 32 heavy (non-hydrogen) atoms. The Balaban J connectivity index is 1.36. The van der Waals surface area contributed by atoms with Crippen LogP contribution in [-0.4, -0.2) is 25.2 Å². The topological polar surface area (TPSA) is 80.3 Å². The van der Waals surface area contributed by atoms with Crippen molar-refractivity contribution >= 4 is 17.8 Å². The molecule has 0 unspecified atom stereocenters. The number of ketones is 1. The van der Waals surface area contributed by atoms with Gasteiger partial charge in [-0.1, -0.05) is 18.2 Å². The van der Waals surface area contributed by atoms with Gasteiger partial charge < -0.3 is 23.7 Å². The Morgan fingerprint density at radius 1 is 1.00 bits per heavy atom. The molecule has 0 saturated heterocycles. The highest BCUT2D eigenvalue weighted by molar-refractivity contribution is 6.14. The van der Waals surface area contributed by atoms with E-state index in [0.29, 0.717) is 40.7 Å². The van der Waals surface area contributed by atoms with Crippen LogP contribution in [0.5, 0.6) is 28.7 Å². The first-order valence-electron chi connectivity index (χ1n) is 10.0. The molecule has 0 bridgehead atoms. The monoisotopic (exact) mass is 430 g/mol. The third-order valence-electron chi connectivity index (χ3n) is 4.97. The second kappa shape index (κ2) is 8.11. The Labute approximate surface area is 183 Å². The summed E-state index contributed by atoms with van der Waals surface area (Å²) in [4.78, 5) is 25.3. The Hall–Kier alpha value is -4.26. The van der Waals surface area contributed by atoms with Crippen molar-refractivity contribution in [1.29, 1.82) is 0 Å². The van der Waals surface area contributed by atoms with Gasteiger partial charge in [0, 0.05) is 11.6 Å². The van der Waals surface area contributed by atoms with E-state index in [9.17, 15) is 9.59 Å². The van der Waals surface area contributed by atoms with Crippen LogP contribution in [0.15, 0.2) is 66.4 Å². The van der Waals surface area contributed by atoms with Crippen LogP contribution in [0.3, 0.4) is 0 Å². The third-order valence-corrected chi connectivity index (χ3v) is 4.97. The molecule has 0 saturated carbocycles. The lowest BCUT2D eigenvalue weighted by molar-refractivity contribution is 0.0734. The predicted molar refractivity (Wildman–Crippen MR) is 115 cm³/mol. The highest BCUT2D eigenvalue weighted by atomic mass is 16.7. The van der Waals surface area contributed by atoms with E-state index in [1.165, 1.54) is 6.07 Å². The van der Waals surface area contributed by atoms with Crippen LogP contribution in [0.4, 0.5) is 0 Å². The summed E-state index contributed by atoms with van der Waals surface area (Å²) in [6.45, 7) is 2.52. The van der Waals surface area contributed by atoms with E-state index >= 15 is 0 Å². The van der Waals surface area contributed by atoms with E-state index in [0.717, 1.165) is 5.56 Å². The zero-order chi connectivity index (χ0) is 22.1. The maximum atomic E-state index is 12.8. The molecule has 160 valence electrons. The summed E-state index contributed by atoms with van der Waals surface area (Å²) in [7, 11) is 0. The van der Waals surface area contributed by atoms with Crippen molar-refractivity contribution in [2.75, 3.05) is 13.4 Å². The van der Waals surface area contributed by atoms with Gasteiger partial charge in [0.2, 0.25) is 12.6 Å². The summed E-state index contributed by atoms with van der Waals surface area (Å²) in [5.41, 5.74) is 1.45. The molecule has 2 heterocycles. The number of benzene rings is 3. The summed E-state index contributed by atoms with van der Waals surface area (Å²) >= 11 is 0. The van der Waals surface area contributed by atoms with Crippen molar-refractivity contribution in [2.45, 2.75) is 6.92 Å². The predicted octanol–water partition coefficient (Wildman–Crippen LogP) is 4.65. The molecule has 0 atom stereocenters. The van der Waals surface area contributed by atoms with Gasteiger partial charge in [0.05, 0.1) is 17.7 Å². The van der Waals surface area contributed by atoms with Crippen molar-refractivity contribution in [3.05, 3.63) is 83.1 Å². The van der Waals surface area contributed by atoms with Crippen molar-refractivity contribution < 1.29 is 33.3 Å². The van der Waals surface area contributed by atoms with Crippen LogP contribution in [0.25, 0.3) is 6.08 Å². The minimum atomic E-state index is -0.561. The molecule has 5 rings (SSSR count). The van der Waals surface area contributed by atoms with E-state index < -0.39 is 5.97 Å². The molecular weight excluding hydrogens is 412 g/mol. The third kappa shape index (κ3) is 3.65. The van der Waals surface area contributed by atoms with Gasteiger partial charge in [-0.05, 0) is 49.4 Å². The fourth-order valence-electron chi connectivity index (χ4n) is 3.45. The van der Waals surface area contributed by atoms with Crippen LogP contribution in [0.2, 0.25) is 0 Å². The van der Waals surface area contributed by atoms with Crippen LogP contribution >= 0.6 is 0 Å². The first kappa shape index (κ1) is 19.7. The average molecular weight is 430 g/mol. The number of rotatable bonds is 5. The molecule has 2 aliphatic heterocycles. The summed E-state index contributed by atoms with van der Waals surface area (Å²) in [5, 5.41) is 0. The summed E-state index contributed by atoms with van der Waals surface area (Å²) < 4.78 is 27.4. The Morgan fingerprint density at radius 3 is 2.72 bits per heavy atom. The molecule has 0 spiro atoms. The van der Waals surface area contributed by atoms with Gasteiger partial charge in [-0.15, -0.1) is 0 Å². The highest BCUT2D eigenvalue weighted by Crippen LogP contribution is 2.36. The van der Waals surface area contributed by atoms with Crippen molar-refractivity contribution in [3.63, 3.8) is 0 Å². The largest absolute Gasteiger partial charge is 0.493 e. The lowest BCUT2D eigenvalue weighted by Gasteiger charge is -2.07. The number of carbonyl (C=O) groups excluding carboxylic acids is 2. The maximum Gasteiger partial charge on any atom is 0.343 e. The first-order valence-corrected chi connectivity index (χ1v) is 10.0. The van der Waals surface area contributed by atoms with E-state index in [-0.39, 0.29) is 24.1 Å². The summed E-state index contributed by atoms with van der Waals surface area (Å²) in [6, 6.07) is 16.9. The average Bonchev–Trinajstić information content (AvgIpc) is 3.39. The van der Waals surface area contributed by atoms with Crippen LogP contribution < -0.4 is 23.7 Å². The highest BCUT2D eigenvalue weighted by Gasteiger charge is 2.28. The molecule has 0 fully saturated rings. The quantitative estimate of drug-likeness (QED) is 0.331. The molecular formula is C25H18O7. The van der Waals surface area contributed by atoms with E-state index in [4.69, 9.17) is 23.7 Å². The molecule has 0 radical (unpaired) electrons. The lowest BCUT2D eigenvalue weighted by atomic mass is 10.1. The number of hydrogen-bond acceptors (Lipinski definition) is 7. The molecule has 0 aromatic heterocycles. The number of Topliss-reactive ketones (excluding diaryl/α,β-unsaturated/α-hetero) is 1. The Bertz CT molecular complexity index is 1260. The van der Waals surface area contributed by atoms with Crippen LogP contribution in [0, 0.1) is 0 Å². The Kier molecular flexibility index (Phi) is 4.99. The number of carbonyl (C=O) groups is 2. The molecule has 3 aromatic rings. The van der Waals surface area contributed by atoms with E-state index in [1.54, 1.807) is 36.4 Å². The van der Waals surface area contributed by atoms with Gasteiger partial charge in [0.25, 0.3) is 0 Å². The number of fused-ring (bicyclic) bond motifs is 2. The van der Waals surface area contributed by atoms with Crippen LogP contribution in [-0.2, 0) is 0 Å². The molecule has 0 amide bonds. The fraction of sp³-hybridized carbons (Fsp3) is 0.120. The minimum absolute atomic E-state index is 0.120. The molecule has 3 aromatic carbocycles. The van der Waals surface area contributed by atoms with Crippen molar-refractivity contribution in [1.82, 2.24) is 0 Å². The molecule has 0 aliphatic carbocycles. The zero-order valence-corrected chi connectivity index (χ0v) is 17.1. The SMILES string of the molecule is CCOc1ccccc1/C=C1\Oc2cc(OC(=O)c3ccc4c(c3)OCO4)ccc2C1=O. The van der Waals surface area contributed by atoms with Gasteiger partial charge in [-0.2, -0.15) is 0 Å². The van der Waals surface area contributed by atoms with Gasteiger partial charge in [0.1, 0.15) is 17.2 Å². The van der Waals surface area contributed by atoms with Crippen LogP contribution in [0.1, 0.15) is 33.2 Å². The number of para-hydroxylation sites is 1. The van der Waals surface area contributed by atoms with E-state index in [2.05, 4.69) is 0 Å². The molecule has 7 nitrogen and oxygen atoms in total. The second-order valence-electron chi connectivity index (χ2n) is 7.03. The molecule has 7 heteroatoms. The molecule has 0 N–H and O–H groups in total. The van der Waals surface area contributed by atoms with Crippen molar-refractivity contribution in [3.8, 4) is 28.7 Å². The normalized spacial score (nSPS) is 14.8. The summed E-state index contributed by atoms with van der Waals surface area (Å²) in [6.07, 6.45) is 1.64. The van der Waals surface area contributed by atoms with Gasteiger partial charge in [-0.3, -0.25) is 4.79 Å². The number of esters is 1. The fourth-order valence-corrected chi connectivity index (χ4v) is 3.45. The first-order chi connectivity index (χ1) is 15.6. The smallest absolute Gasteiger partial charge is 0.343 e. The van der Waals surface area contributed by atoms with Gasteiger partial charge in [0.15, 0.2) is 17.3 Å². The van der Waals surface area contributed by atoms with Gasteiger partial charge >= 0.3 is 5.97 Å². The zero-order valence-electron chi connectivity index (χ0n) is 17.1. The lowest BCUT2D eigenvalue weighted by Crippen LogP contribution is -2.08.